The van der Waals surface area contributed by atoms with Gasteiger partial charge in [-0.15, -0.1) is 0 Å². The first-order valence-corrected chi connectivity index (χ1v) is 23.3. The fourth-order valence-electron chi connectivity index (χ4n) is 7.07. The lowest BCUT2D eigenvalue weighted by Crippen LogP contribution is -1.88. The topological polar surface area (TPSA) is 0 Å². The van der Waals surface area contributed by atoms with Crippen LogP contribution in [0.2, 0.25) is 0 Å². The van der Waals surface area contributed by atoms with E-state index in [4.69, 9.17) is 0 Å². The van der Waals surface area contributed by atoms with Crippen LogP contribution in [0.1, 0.15) is 264 Å². The summed E-state index contributed by atoms with van der Waals surface area (Å²) in [7, 11) is 0. The molecule has 277 valence electrons. The Morgan fingerprint density at radius 3 is 0.696 bits per heavy atom. The van der Waals surface area contributed by atoms with Gasteiger partial charge in [-0.05, 0) is 30.3 Å². The van der Waals surface area contributed by atoms with Crippen molar-refractivity contribution < 1.29 is 0 Å². The van der Waals surface area contributed by atoms with Gasteiger partial charge in [0, 0.05) is 0 Å². The molecular formula is C45H91S. The Labute approximate surface area is 299 Å². The lowest BCUT2D eigenvalue weighted by molar-refractivity contribution is 0.504. The maximum absolute atomic E-state index is 3.93. The second-order valence-electron chi connectivity index (χ2n) is 15.7. The Morgan fingerprint density at radius 1 is 0.283 bits per heavy atom. The van der Waals surface area contributed by atoms with Crippen LogP contribution in [0, 0.1) is 12.8 Å². The molecule has 0 fully saturated rings. The van der Waals surface area contributed by atoms with E-state index in [1.165, 1.54) is 255 Å². The Hall–Kier alpha value is 0.350. The minimum absolute atomic E-state index is 0.894. The molecule has 0 unspecified atom stereocenters. The highest BCUT2D eigenvalue weighted by Crippen LogP contribution is 2.18. The summed E-state index contributed by atoms with van der Waals surface area (Å²) in [4.78, 5) is 0. The second-order valence-corrected chi connectivity index (χ2v) is 17.0. The van der Waals surface area contributed by atoms with Gasteiger partial charge in [-0.25, -0.2) is 0 Å². The zero-order valence-electron chi connectivity index (χ0n) is 32.7. The molecule has 0 aliphatic heterocycles. The number of unbranched alkanes of at least 4 members (excludes halogenated alkanes) is 36. The zero-order valence-corrected chi connectivity index (χ0v) is 33.5. The Morgan fingerprint density at radius 2 is 0.478 bits per heavy atom. The van der Waals surface area contributed by atoms with E-state index in [-0.39, 0.29) is 0 Å². The van der Waals surface area contributed by atoms with E-state index >= 15 is 0 Å². The number of rotatable bonds is 42. The number of hydrogen-bond donors (Lipinski definition) is 0. The molecule has 0 aromatic heterocycles. The van der Waals surface area contributed by atoms with E-state index in [0.717, 1.165) is 12.3 Å². The Kier molecular flexibility index (Phi) is 43.7. The lowest BCUT2D eigenvalue weighted by Gasteiger charge is -2.05. The minimum Gasteiger partial charge on any atom is -0.162 e. The van der Waals surface area contributed by atoms with E-state index in [1.54, 1.807) is 0 Å². The standard InChI is InChI=1S/C45H91S/c1-4-5-6-7-8-9-10-11-12-13-14-15-16-17-18-19-20-21-22-23-25-28-31-34-37-40-43-46-44-41-38-35-32-29-26-24-27-30-33-36-39-42-45(2)3/h45H,1,4-44H2,2-3H3. The second kappa shape index (κ2) is 43.4. The quantitative estimate of drug-likeness (QED) is 0.0586. The highest BCUT2D eigenvalue weighted by Gasteiger charge is 1.99. The van der Waals surface area contributed by atoms with Crippen LogP contribution >= 0.6 is 11.8 Å². The van der Waals surface area contributed by atoms with Gasteiger partial charge in [0.25, 0.3) is 0 Å². The van der Waals surface area contributed by atoms with Crippen LogP contribution < -0.4 is 0 Å². The van der Waals surface area contributed by atoms with Crippen molar-refractivity contribution in [2.24, 2.45) is 5.92 Å². The van der Waals surface area contributed by atoms with E-state index < -0.39 is 0 Å². The summed E-state index contributed by atoms with van der Waals surface area (Å²) in [6.45, 7) is 8.64. The molecule has 0 aromatic carbocycles. The summed E-state index contributed by atoms with van der Waals surface area (Å²) in [5.74, 6) is 3.72. The first-order valence-electron chi connectivity index (χ1n) is 22.1. The van der Waals surface area contributed by atoms with Gasteiger partial charge in [0.15, 0.2) is 0 Å². The molecule has 0 atom stereocenters. The van der Waals surface area contributed by atoms with Crippen molar-refractivity contribution in [3.05, 3.63) is 6.92 Å². The third-order valence-corrected chi connectivity index (χ3v) is 11.5. The molecule has 0 saturated carbocycles. The van der Waals surface area contributed by atoms with Gasteiger partial charge in [0.1, 0.15) is 0 Å². The predicted molar refractivity (Wildman–Crippen MR) is 218 cm³/mol. The number of hydrogen-bond acceptors (Lipinski definition) is 1. The Bertz CT molecular complexity index is 499. The highest BCUT2D eigenvalue weighted by molar-refractivity contribution is 7.99. The average molecular weight is 664 g/mol. The smallest absolute Gasteiger partial charge is 0.00675 e. The lowest BCUT2D eigenvalue weighted by atomic mass is 10.0. The summed E-state index contributed by atoms with van der Waals surface area (Å²) in [6.07, 6.45) is 57.1. The SMILES string of the molecule is [CH2]CCCCCCCCCCCCCCCCCCCCCCCCCCCSCCCCCCCCCCCCCCC(C)C. The molecule has 1 heteroatoms. The summed E-state index contributed by atoms with van der Waals surface area (Å²) in [5, 5.41) is 0. The van der Waals surface area contributed by atoms with Gasteiger partial charge in [-0.2, -0.15) is 11.8 Å². The van der Waals surface area contributed by atoms with Gasteiger partial charge < -0.3 is 0 Å². The zero-order chi connectivity index (χ0) is 33.3. The van der Waals surface area contributed by atoms with Crippen LogP contribution in [-0.4, -0.2) is 11.5 Å². The van der Waals surface area contributed by atoms with Gasteiger partial charge in [-0.3, -0.25) is 0 Å². The molecule has 46 heavy (non-hydrogen) atoms. The van der Waals surface area contributed by atoms with Gasteiger partial charge in [0.05, 0.1) is 0 Å². The fourth-order valence-corrected chi connectivity index (χ4v) is 8.09. The van der Waals surface area contributed by atoms with Crippen molar-refractivity contribution in [1.82, 2.24) is 0 Å². The van der Waals surface area contributed by atoms with Crippen molar-refractivity contribution in [2.45, 2.75) is 264 Å². The minimum atomic E-state index is 0.894. The Balaban J connectivity index is 3.04. The average Bonchev–Trinajstić information content (AvgIpc) is 3.05. The molecule has 0 nitrogen and oxygen atoms in total. The van der Waals surface area contributed by atoms with Crippen molar-refractivity contribution in [3.63, 3.8) is 0 Å². The predicted octanol–water partition coefficient (Wildman–Crippen LogP) is 17.4. The van der Waals surface area contributed by atoms with E-state index in [1.807, 2.05) is 0 Å². The van der Waals surface area contributed by atoms with Crippen molar-refractivity contribution in [2.75, 3.05) is 11.5 Å². The summed E-state index contributed by atoms with van der Waals surface area (Å²) >= 11 is 2.23. The first-order chi connectivity index (χ1) is 22.8. The number of thioether (sulfide) groups is 1. The van der Waals surface area contributed by atoms with E-state index in [0.29, 0.717) is 0 Å². The maximum atomic E-state index is 3.93. The highest BCUT2D eigenvalue weighted by atomic mass is 32.2. The van der Waals surface area contributed by atoms with Gasteiger partial charge >= 0.3 is 0 Å². The first kappa shape index (κ1) is 46.4. The van der Waals surface area contributed by atoms with Crippen molar-refractivity contribution in [1.29, 1.82) is 0 Å². The third-order valence-electron chi connectivity index (χ3n) is 10.4. The molecule has 0 aliphatic rings. The fraction of sp³-hybridized carbons (Fsp3) is 0.978. The van der Waals surface area contributed by atoms with Crippen LogP contribution in [0.3, 0.4) is 0 Å². The summed E-state index contributed by atoms with van der Waals surface area (Å²) in [6, 6.07) is 0. The third kappa shape index (κ3) is 44.4. The molecule has 0 aliphatic carbocycles. The molecule has 0 N–H and O–H groups in total. The van der Waals surface area contributed by atoms with Crippen molar-refractivity contribution >= 4 is 11.8 Å². The molecular weight excluding hydrogens is 573 g/mol. The van der Waals surface area contributed by atoms with Crippen LogP contribution in [0.25, 0.3) is 0 Å². The normalized spacial score (nSPS) is 11.7. The van der Waals surface area contributed by atoms with Crippen LogP contribution in [0.5, 0.6) is 0 Å². The van der Waals surface area contributed by atoms with E-state index in [2.05, 4.69) is 32.5 Å². The molecule has 0 rings (SSSR count). The molecule has 1 radical (unpaired) electrons. The molecule has 0 aromatic rings. The van der Waals surface area contributed by atoms with Crippen LogP contribution in [-0.2, 0) is 0 Å². The molecule has 0 saturated heterocycles. The molecule has 0 bridgehead atoms. The summed E-state index contributed by atoms with van der Waals surface area (Å²) in [5.41, 5.74) is 0. The van der Waals surface area contributed by atoms with Crippen LogP contribution in [0.4, 0.5) is 0 Å². The molecule has 0 amide bonds. The molecule has 0 heterocycles. The van der Waals surface area contributed by atoms with E-state index in [9.17, 15) is 0 Å². The maximum Gasteiger partial charge on any atom is -0.00675 e. The summed E-state index contributed by atoms with van der Waals surface area (Å²) < 4.78 is 0. The van der Waals surface area contributed by atoms with Gasteiger partial charge in [-0.1, -0.05) is 258 Å². The van der Waals surface area contributed by atoms with Crippen LogP contribution in [0.15, 0.2) is 0 Å². The monoisotopic (exact) mass is 664 g/mol. The molecule has 0 spiro atoms. The largest absolute Gasteiger partial charge is 0.162 e. The van der Waals surface area contributed by atoms with Crippen molar-refractivity contribution in [3.8, 4) is 0 Å². The van der Waals surface area contributed by atoms with Gasteiger partial charge in [0.2, 0.25) is 0 Å².